The van der Waals surface area contributed by atoms with Gasteiger partial charge < -0.3 is 15.5 Å². The van der Waals surface area contributed by atoms with Crippen LogP contribution in [0.1, 0.15) is 5.56 Å². The van der Waals surface area contributed by atoms with E-state index in [4.69, 9.17) is 5.73 Å². The fourth-order valence-electron chi connectivity index (χ4n) is 3.48. The first-order valence-electron chi connectivity index (χ1n) is 10.5. The summed E-state index contributed by atoms with van der Waals surface area (Å²) < 4.78 is 0. The molecular formula is C25H25N7O. The first kappa shape index (κ1) is 21.9. The highest BCUT2D eigenvalue weighted by Gasteiger charge is 2.24. The molecule has 1 amide bonds. The lowest BCUT2D eigenvalue weighted by Crippen LogP contribution is -2.45. The second-order valence-electron chi connectivity index (χ2n) is 7.60. The molecule has 33 heavy (non-hydrogen) atoms. The molecule has 4 rings (SSSR count). The Balaban J connectivity index is 1.59. The van der Waals surface area contributed by atoms with Crippen molar-refractivity contribution in [3.8, 4) is 11.4 Å². The van der Waals surface area contributed by atoms with Gasteiger partial charge in [-0.3, -0.25) is 4.79 Å². The molecule has 0 radical (unpaired) electrons. The minimum absolute atomic E-state index is 0.399. The van der Waals surface area contributed by atoms with Gasteiger partial charge in [0.1, 0.15) is 17.7 Å². The number of benzene rings is 2. The lowest BCUT2D eigenvalue weighted by atomic mass is 10.0. The van der Waals surface area contributed by atoms with Gasteiger partial charge in [-0.25, -0.2) is 15.0 Å². The standard InChI is InChI=1S/C25H25N7O/c1-31(20(23(26)33)17-18-9-5-3-6-10-18)25-28-16-14-22(30-25)32(2)21-13-15-27-24(29-21)19-11-7-4-8-12-19/h3-16,20H,17H2,1-2H3,(H2,26,33)/t20-/m1/s1. The van der Waals surface area contributed by atoms with Crippen LogP contribution in [0.4, 0.5) is 17.6 Å². The molecule has 2 N–H and O–H groups in total. The number of anilines is 3. The Bertz CT molecular complexity index is 1220. The maximum Gasteiger partial charge on any atom is 0.240 e. The Kier molecular flexibility index (Phi) is 6.54. The molecule has 4 aromatic rings. The third-order valence-electron chi connectivity index (χ3n) is 5.37. The van der Waals surface area contributed by atoms with Crippen molar-refractivity contribution in [2.24, 2.45) is 5.73 Å². The van der Waals surface area contributed by atoms with Crippen molar-refractivity contribution < 1.29 is 4.79 Å². The summed E-state index contributed by atoms with van der Waals surface area (Å²) in [4.78, 5) is 33.9. The highest BCUT2D eigenvalue weighted by molar-refractivity contribution is 5.83. The third-order valence-corrected chi connectivity index (χ3v) is 5.37. The zero-order valence-corrected chi connectivity index (χ0v) is 18.5. The Morgan fingerprint density at radius 1 is 0.848 bits per heavy atom. The van der Waals surface area contributed by atoms with Gasteiger partial charge >= 0.3 is 0 Å². The molecule has 0 saturated carbocycles. The Labute approximate surface area is 192 Å². The van der Waals surface area contributed by atoms with Crippen LogP contribution in [-0.4, -0.2) is 46.0 Å². The molecule has 0 bridgehead atoms. The van der Waals surface area contributed by atoms with Gasteiger partial charge in [-0.2, -0.15) is 4.98 Å². The van der Waals surface area contributed by atoms with Crippen molar-refractivity contribution in [2.45, 2.75) is 12.5 Å². The molecule has 2 heterocycles. The summed E-state index contributed by atoms with van der Waals surface area (Å²) in [6, 6.07) is 22.5. The van der Waals surface area contributed by atoms with E-state index in [1.807, 2.05) is 78.7 Å². The second-order valence-corrected chi connectivity index (χ2v) is 7.60. The van der Waals surface area contributed by atoms with Crippen LogP contribution in [0.2, 0.25) is 0 Å². The van der Waals surface area contributed by atoms with E-state index in [1.165, 1.54) is 0 Å². The molecule has 0 unspecified atom stereocenters. The zero-order valence-electron chi connectivity index (χ0n) is 18.5. The number of likely N-dealkylation sites (N-methyl/N-ethyl adjacent to an activating group) is 1. The molecule has 0 aliphatic rings. The van der Waals surface area contributed by atoms with Crippen LogP contribution in [0.25, 0.3) is 11.4 Å². The smallest absolute Gasteiger partial charge is 0.240 e. The zero-order chi connectivity index (χ0) is 23.2. The van der Waals surface area contributed by atoms with Crippen molar-refractivity contribution in [1.82, 2.24) is 19.9 Å². The SMILES string of the molecule is CN(c1ccnc(-c2ccccc2)n1)c1ccnc(N(C)[C@H](Cc2ccccc2)C(N)=O)n1. The van der Waals surface area contributed by atoms with Crippen LogP contribution in [0.15, 0.2) is 85.2 Å². The van der Waals surface area contributed by atoms with Crippen molar-refractivity contribution >= 4 is 23.5 Å². The van der Waals surface area contributed by atoms with Crippen molar-refractivity contribution in [1.29, 1.82) is 0 Å². The number of primary amides is 1. The van der Waals surface area contributed by atoms with Crippen LogP contribution >= 0.6 is 0 Å². The predicted octanol–water partition coefficient (Wildman–Crippen LogP) is 3.23. The minimum atomic E-state index is -0.586. The highest BCUT2D eigenvalue weighted by atomic mass is 16.1. The van der Waals surface area contributed by atoms with E-state index < -0.39 is 11.9 Å². The normalized spacial score (nSPS) is 11.6. The summed E-state index contributed by atoms with van der Waals surface area (Å²) in [7, 11) is 3.65. The fraction of sp³-hybridized carbons (Fsp3) is 0.160. The van der Waals surface area contributed by atoms with Gasteiger partial charge in [0.15, 0.2) is 5.82 Å². The summed E-state index contributed by atoms with van der Waals surface area (Å²) in [6.07, 6.45) is 3.84. The van der Waals surface area contributed by atoms with Crippen molar-refractivity contribution in [3.05, 3.63) is 90.8 Å². The topological polar surface area (TPSA) is 101 Å². The molecule has 2 aromatic heterocycles. The summed E-state index contributed by atoms with van der Waals surface area (Å²) >= 11 is 0. The Hall–Kier alpha value is -4.33. The minimum Gasteiger partial charge on any atom is -0.368 e. The Morgan fingerprint density at radius 2 is 1.45 bits per heavy atom. The molecule has 0 fully saturated rings. The van der Waals surface area contributed by atoms with Gasteiger partial charge in [0, 0.05) is 38.5 Å². The summed E-state index contributed by atoms with van der Waals surface area (Å²) in [5, 5.41) is 0. The lowest BCUT2D eigenvalue weighted by molar-refractivity contribution is -0.119. The van der Waals surface area contributed by atoms with E-state index in [-0.39, 0.29) is 0 Å². The molecule has 0 aliphatic carbocycles. The van der Waals surface area contributed by atoms with E-state index in [2.05, 4.69) is 19.9 Å². The summed E-state index contributed by atoms with van der Waals surface area (Å²) in [5.41, 5.74) is 7.66. The van der Waals surface area contributed by atoms with Crippen molar-refractivity contribution in [3.63, 3.8) is 0 Å². The van der Waals surface area contributed by atoms with Gasteiger partial charge in [-0.1, -0.05) is 60.7 Å². The number of nitrogens with two attached hydrogens (primary N) is 1. The van der Waals surface area contributed by atoms with E-state index in [0.717, 1.165) is 11.1 Å². The quantitative estimate of drug-likeness (QED) is 0.450. The Morgan fingerprint density at radius 3 is 2.12 bits per heavy atom. The molecule has 2 aromatic carbocycles. The largest absolute Gasteiger partial charge is 0.368 e. The van der Waals surface area contributed by atoms with Gasteiger partial charge in [0.25, 0.3) is 0 Å². The number of amides is 1. The number of carbonyl (C=O) groups is 1. The monoisotopic (exact) mass is 439 g/mol. The first-order valence-corrected chi connectivity index (χ1v) is 10.5. The third kappa shape index (κ3) is 5.12. The van der Waals surface area contributed by atoms with Gasteiger partial charge in [0.05, 0.1) is 0 Å². The molecule has 1 atom stereocenters. The van der Waals surface area contributed by atoms with Crippen LogP contribution in [0, 0.1) is 0 Å². The molecular weight excluding hydrogens is 414 g/mol. The van der Waals surface area contributed by atoms with Crippen LogP contribution in [0.5, 0.6) is 0 Å². The van der Waals surface area contributed by atoms with Gasteiger partial charge in [-0.15, -0.1) is 0 Å². The number of nitrogens with zero attached hydrogens (tertiary/aromatic N) is 6. The highest BCUT2D eigenvalue weighted by Crippen LogP contribution is 2.24. The van der Waals surface area contributed by atoms with Gasteiger partial charge in [0.2, 0.25) is 11.9 Å². The molecule has 0 saturated heterocycles. The van der Waals surface area contributed by atoms with E-state index in [9.17, 15) is 4.79 Å². The van der Waals surface area contributed by atoms with E-state index in [0.29, 0.717) is 29.8 Å². The average Bonchev–Trinajstić information content (AvgIpc) is 2.87. The molecule has 8 heteroatoms. The number of hydrogen-bond acceptors (Lipinski definition) is 7. The van der Waals surface area contributed by atoms with Crippen molar-refractivity contribution in [2.75, 3.05) is 23.9 Å². The molecule has 0 spiro atoms. The number of carbonyl (C=O) groups excluding carboxylic acids is 1. The molecule has 8 nitrogen and oxygen atoms in total. The average molecular weight is 440 g/mol. The molecule has 166 valence electrons. The van der Waals surface area contributed by atoms with Crippen LogP contribution < -0.4 is 15.5 Å². The number of rotatable bonds is 8. The maximum atomic E-state index is 12.2. The number of hydrogen-bond donors (Lipinski definition) is 1. The predicted molar refractivity (Wildman–Crippen MR) is 129 cm³/mol. The summed E-state index contributed by atoms with van der Waals surface area (Å²) in [5.74, 6) is 1.91. The molecule has 0 aliphatic heterocycles. The number of aromatic nitrogens is 4. The van der Waals surface area contributed by atoms with E-state index in [1.54, 1.807) is 30.4 Å². The maximum absolute atomic E-state index is 12.2. The summed E-state index contributed by atoms with van der Waals surface area (Å²) in [6.45, 7) is 0. The van der Waals surface area contributed by atoms with Gasteiger partial charge in [-0.05, 0) is 17.7 Å². The second kappa shape index (κ2) is 9.86. The van der Waals surface area contributed by atoms with E-state index >= 15 is 0 Å². The van der Waals surface area contributed by atoms with Crippen LogP contribution in [-0.2, 0) is 11.2 Å². The fourth-order valence-corrected chi connectivity index (χ4v) is 3.48. The van der Waals surface area contributed by atoms with Crippen LogP contribution in [0.3, 0.4) is 0 Å². The lowest BCUT2D eigenvalue weighted by Gasteiger charge is -2.27. The first-order chi connectivity index (χ1) is 16.0.